The van der Waals surface area contributed by atoms with Crippen LogP contribution in [-0.2, 0) is 0 Å². The molecule has 22 heavy (non-hydrogen) atoms. The zero-order chi connectivity index (χ0) is 15.4. The maximum Gasteiger partial charge on any atom is 0.289 e. The fraction of sp³-hybridized carbons (Fsp3) is 0. The second-order valence-corrected chi connectivity index (χ2v) is 5.30. The average Bonchev–Trinajstić information content (AvgIpc) is 3.19. The third kappa shape index (κ3) is 3.32. The highest BCUT2D eigenvalue weighted by molar-refractivity contribution is 9.10. The first-order valence-corrected chi connectivity index (χ1v) is 7.20. The van der Waals surface area contributed by atoms with E-state index in [2.05, 4.69) is 36.7 Å². The minimum Gasteiger partial charge on any atom is -0.463 e. The molecule has 2 N–H and O–H groups in total. The number of halogens is 1. The lowest BCUT2D eigenvalue weighted by Crippen LogP contribution is -2.17. The number of carbonyl (C=O) groups is 1. The molecule has 0 aliphatic carbocycles. The van der Waals surface area contributed by atoms with Gasteiger partial charge in [-0.1, -0.05) is 28.1 Å². The first kappa shape index (κ1) is 14.3. The number of aromatic nitrogens is 2. The first-order chi connectivity index (χ1) is 10.7. The van der Waals surface area contributed by atoms with Gasteiger partial charge in [0.25, 0.3) is 5.91 Å². The molecule has 0 fully saturated rings. The smallest absolute Gasteiger partial charge is 0.289 e. The van der Waals surface area contributed by atoms with E-state index in [0.717, 1.165) is 10.0 Å². The normalized spacial score (nSPS) is 11.0. The zero-order valence-corrected chi connectivity index (χ0v) is 12.9. The maximum atomic E-state index is 11.9. The number of H-pyrrole nitrogens is 1. The maximum absolute atomic E-state index is 11.9. The second kappa shape index (κ2) is 6.40. The van der Waals surface area contributed by atoms with Crippen LogP contribution in [0.25, 0.3) is 11.3 Å². The molecular formula is C15H11BrN4O2. The number of hydrogen-bond donors (Lipinski definition) is 2. The van der Waals surface area contributed by atoms with Gasteiger partial charge in [0.15, 0.2) is 0 Å². The summed E-state index contributed by atoms with van der Waals surface area (Å²) in [7, 11) is 0. The number of aromatic amines is 1. The average molecular weight is 359 g/mol. The molecule has 110 valence electrons. The summed E-state index contributed by atoms with van der Waals surface area (Å²) in [5.41, 5.74) is 4.33. The number of nitrogens with one attached hydrogen (secondary N) is 2. The Morgan fingerprint density at radius 2 is 2.14 bits per heavy atom. The van der Waals surface area contributed by atoms with E-state index in [4.69, 9.17) is 4.42 Å². The van der Waals surface area contributed by atoms with Crippen molar-refractivity contribution in [2.24, 2.45) is 5.10 Å². The number of rotatable bonds is 4. The molecule has 1 amide bonds. The van der Waals surface area contributed by atoms with Crippen molar-refractivity contribution < 1.29 is 9.21 Å². The minimum atomic E-state index is -0.376. The monoisotopic (exact) mass is 358 g/mol. The van der Waals surface area contributed by atoms with E-state index in [1.807, 2.05) is 24.3 Å². The number of furan rings is 1. The van der Waals surface area contributed by atoms with E-state index in [9.17, 15) is 4.79 Å². The van der Waals surface area contributed by atoms with Crippen molar-refractivity contribution in [1.82, 2.24) is 15.6 Å². The number of nitrogens with zero attached hydrogens (tertiary/aromatic N) is 2. The summed E-state index contributed by atoms with van der Waals surface area (Å²) in [6.07, 6.45) is 2.95. The van der Waals surface area contributed by atoms with Crippen molar-refractivity contribution in [3.8, 4) is 11.3 Å². The van der Waals surface area contributed by atoms with Gasteiger partial charge in [0.2, 0.25) is 0 Å². The Bertz CT molecular complexity index is 791. The van der Waals surface area contributed by atoms with Gasteiger partial charge in [-0.2, -0.15) is 10.2 Å². The summed E-state index contributed by atoms with van der Waals surface area (Å²) in [6.45, 7) is 0. The van der Waals surface area contributed by atoms with Crippen molar-refractivity contribution in [1.29, 1.82) is 0 Å². The molecule has 2 aromatic heterocycles. The van der Waals surface area contributed by atoms with Gasteiger partial charge in [-0.25, -0.2) is 5.43 Å². The topological polar surface area (TPSA) is 83.3 Å². The quantitative estimate of drug-likeness (QED) is 0.554. The molecule has 7 heteroatoms. The molecule has 0 atom stereocenters. The van der Waals surface area contributed by atoms with Crippen LogP contribution in [0.5, 0.6) is 0 Å². The highest BCUT2D eigenvalue weighted by Crippen LogP contribution is 2.20. The van der Waals surface area contributed by atoms with Crippen LogP contribution in [0.4, 0.5) is 0 Å². The van der Waals surface area contributed by atoms with Gasteiger partial charge < -0.3 is 4.42 Å². The van der Waals surface area contributed by atoms with Gasteiger partial charge >= 0.3 is 0 Å². The third-order valence-electron chi connectivity index (χ3n) is 2.86. The Hall–Kier alpha value is -2.67. The number of hydrogen-bond acceptors (Lipinski definition) is 4. The highest BCUT2D eigenvalue weighted by Gasteiger charge is 2.10. The predicted molar refractivity (Wildman–Crippen MR) is 85.5 cm³/mol. The molecule has 0 aliphatic heterocycles. The van der Waals surface area contributed by atoms with E-state index in [1.165, 1.54) is 12.5 Å². The summed E-state index contributed by atoms with van der Waals surface area (Å²) in [4.78, 5) is 11.9. The largest absolute Gasteiger partial charge is 0.463 e. The highest BCUT2D eigenvalue weighted by atomic mass is 79.9. The van der Waals surface area contributed by atoms with Gasteiger partial charge in [-0.15, -0.1) is 0 Å². The van der Waals surface area contributed by atoms with Gasteiger partial charge in [0.05, 0.1) is 18.2 Å². The number of carbonyl (C=O) groups excluding carboxylic acids is 1. The Kier molecular flexibility index (Phi) is 4.15. The minimum absolute atomic E-state index is 0.328. The lowest BCUT2D eigenvalue weighted by molar-refractivity contribution is 0.0950. The van der Waals surface area contributed by atoms with Crippen LogP contribution in [-0.4, -0.2) is 22.3 Å². The number of benzene rings is 1. The molecule has 1 aromatic carbocycles. The summed E-state index contributed by atoms with van der Waals surface area (Å²) < 4.78 is 6.05. The van der Waals surface area contributed by atoms with Gasteiger partial charge in [-0.3, -0.25) is 9.89 Å². The van der Waals surface area contributed by atoms with Crippen molar-refractivity contribution in [2.45, 2.75) is 0 Å². The summed E-state index contributed by atoms with van der Waals surface area (Å²) in [5.74, 6) is 0.180. The molecule has 3 aromatic rings. The lowest BCUT2D eigenvalue weighted by Gasteiger charge is -1.95. The van der Waals surface area contributed by atoms with Crippen LogP contribution in [0.2, 0.25) is 0 Å². The molecule has 0 spiro atoms. The van der Waals surface area contributed by atoms with E-state index in [0.29, 0.717) is 17.1 Å². The van der Waals surface area contributed by atoms with Crippen molar-refractivity contribution >= 4 is 28.1 Å². The molecule has 6 nitrogen and oxygen atoms in total. The summed E-state index contributed by atoms with van der Waals surface area (Å²) in [6, 6.07) is 12.8. The van der Waals surface area contributed by atoms with Crippen LogP contribution >= 0.6 is 15.9 Å². The van der Waals surface area contributed by atoms with Crippen LogP contribution in [0, 0.1) is 0 Å². The van der Waals surface area contributed by atoms with Crippen LogP contribution in [0.3, 0.4) is 0 Å². The molecule has 0 radical (unpaired) electrons. The SMILES string of the molecule is O=C(N/N=C/c1ccco1)c1cc(-c2ccc(Br)cc2)n[nH]1. The second-order valence-electron chi connectivity index (χ2n) is 4.39. The van der Waals surface area contributed by atoms with E-state index in [1.54, 1.807) is 18.2 Å². The molecule has 0 bridgehead atoms. The Morgan fingerprint density at radius 3 is 2.86 bits per heavy atom. The number of amides is 1. The predicted octanol–water partition coefficient (Wildman–Crippen LogP) is 3.20. The molecule has 0 saturated carbocycles. The van der Waals surface area contributed by atoms with Crippen LogP contribution in [0.1, 0.15) is 16.2 Å². The first-order valence-electron chi connectivity index (χ1n) is 6.40. The van der Waals surface area contributed by atoms with E-state index < -0.39 is 0 Å². The summed E-state index contributed by atoms with van der Waals surface area (Å²) >= 11 is 3.38. The van der Waals surface area contributed by atoms with Crippen LogP contribution < -0.4 is 5.43 Å². The van der Waals surface area contributed by atoms with E-state index >= 15 is 0 Å². The molecule has 0 unspecified atom stereocenters. The summed E-state index contributed by atoms with van der Waals surface area (Å²) in [5, 5.41) is 10.6. The molecular weight excluding hydrogens is 348 g/mol. The van der Waals surface area contributed by atoms with Gasteiger partial charge in [0, 0.05) is 10.0 Å². The molecule has 0 aliphatic rings. The molecule has 3 rings (SSSR count). The van der Waals surface area contributed by atoms with E-state index in [-0.39, 0.29) is 5.91 Å². The fourth-order valence-electron chi connectivity index (χ4n) is 1.79. The zero-order valence-electron chi connectivity index (χ0n) is 11.3. The van der Waals surface area contributed by atoms with Gasteiger partial charge in [-0.05, 0) is 30.3 Å². The van der Waals surface area contributed by atoms with Crippen LogP contribution in [0.15, 0.2) is 62.7 Å². The van der Waals surface area contributed by atoms with Gasteiger partial charge in [0.1, 0.15) is 11.5 Å². The van der Waals surface area contributed by atoms with Crippen molar-refractivity contribution in [2.75, 3.05) is 0 Å². The Labute approximate surface area is 134 Å². The Morgan fingerprint density at radius 1 is 1.32 bits per heavy atom. The molecule has 2 heterocycles. The lowest BCUT2D eigenvalue weighted by atomic mass is 10.1. The number of hydrazone groups is 1. The van der Waals surface area contributed by atoms with Crippen molar-refractivity contribution in [3.05, 3.63) is 64.7 Å². The fourth-order valence-corrected chi connectivity index (χ4v) is 2.05. The third-order valence-corrected chi connectivity index (χ3v) is 3.39. The standard InChI is InChI=1S/C15H11BrN4O2/c16-11-5-3-10(4-6-11)13-8-14(19-18-13)15(21)20-17-9-12-2-1-7-22-12/h1-9H,(H,18,19)(H,20,21)/b17-9+. The van der Waals surface area contributed by atoms with Crippen molar-refractivity contribution in [3.63, 3.8) is 0 Å². The Balaban J connectivity index is 1.68. The molecule has 0 saturated heterocycles.